The van der Waals surface area contributed by atoms with Gasteiger partial charge in [0.1, 0.15) is 35.2 Å². The Bertz CT molecular complexity index is 2240. The molecule has 3 heterocycles. The first kappa shape index (κ1) is 34.3. The number of hydrogen-bond donors (Lipinski definition) is 2. The highest BCUT2D eigenvalue weighted by molar-refractivity contribution is 6.20. The van der Waals surface area contributed by atoms with Crippen molar-refractivity contribution in [3.8, 4) is 11.1 Å². The Hall–Kier alpha value is -5.20. The molecule has 51 heavy (non-hydrogen) atoms. The number of ether oxygens (including phenoxy) is 1. The van der Waals surface area contributed by atoms with Crippen LogP contribution in [0.2, 0.25) is 0 Å². The quantitative estimate of drug-likeness (QED) is 0.145. The number of aryl methyl sites for hydroxylation is 3. The van der Waals surface area contributed by atoms with Gasteiger partial charge in [-0.25, -0.2) is 13.8 Å². The van der Waals surface area contributed by atoms with Crippen LogP contribution in [0.25, 0.3) is 33.1 Å². The Morgan fingerprint density at radius 1 is 1.06 bits per heavy atom. The molecular formula is C39H40F2N6O4. The summed E-state index contributed by atoms with van der Waals surface area (Å²) in [6, 6.07) is 9.75. The van der Waals surface area contributed by atoms with Crippen LogP contribution in [0.15, 0.2) is 54.7 Å². The maximum Gasteiger partial charge on any atom is 0.248 e. The van der Waals surface area contributed by atoms with Crippen LogP contribution in [0.4, 0.5) is 20.2 Å². The summed E-state index contributed by atoms with van der Waals surface area (Å²) in [4.78, 5) is 46.6. The van der Waals surface area contributed by atoms with Crippen molar-refractivity contribution < 1.29 is 27.9 Å². The van der Waals surface area contributed by atoms with Crippen molar-refractivity contribution in [2.24, 2.45) is 7.05 Å². The smallest absolute Gasteiger partial charge is 0.248 e. The fourth-order valence-electron chi connectivity index (χ4n) is 7.51. The third kappa shape index (κ3) is 6.12. The standard InChI is InChI=1S/C39H40F2N6O4/c1-21-16-31-36(43-22(2)45(31)3)38-34(21)27-9-6-8-26-28(19-47(37(26)27)20-33(49)46(38)4)39(50)23-17-29(40)35(30(41)18-23)44-32(48)10-7-15-42-24-11-13-25(51-5)14-12-24/h6-10,16-19,24-25,42H,11-15,20H2,1-5H3,(H,44,48)/b10-7+/t24-,25-. The van der Waals surface area contributed by atoms with Crippen LogP contribution in [0.3, 0.4) is 0 Å². The molecule has 1 fully saturated rings. The van der Waals surface area contributed by atoms with Gasteiger partial charge in [-0.15, -0.1) is 0 Å². The van der Waals surface area contributed by atoms with E-state index in [2.05, 4.69) is 10.6 Å². The first-order valence-electron chi connectivity index (χ1n) is 17.1. The van der Waals surface area contributed by atoms with E-state index in [4.69, 9.17) is 9.72 Å². The zero-order chi connectivity index (χ0) is 36.1. The monoisotopic (exact) mass is 694 g/mol. The maximum atomic E-state index is 15.4. The van der Waals surface area contributed by atoms with Crippen LogP contribution in [0.1, 0.15) is 53.0 Å². The van der Waals surface area contributed by atoms with Crippen molar-refractivity contribution in [1.82, 2.24) is 19.4 Å². The van der Waals surface area contributed by atoms with Crippen LogP contribution in [-0.4, -0.2) is 64.6 Å². The van der Waals surface area contributed by atoms with E-state index < -0.39 is 29.0 Å². The summed E-state index contributed by atoms with van der Waals surface area (Å²) < 4.78 is 39.8. The van der Waals surface area contributed by atoms with Crippen LogP contribution in [0.5, 0.6) is 0 Å². The predicted molar refractivity (Wildman–Crippen MR) is 193 cm³/mol. The van der Waals surface area contributed by atoms with Crippen molar-refractivity contribution in [2.45, 2.75) is 58.2 Å². The normalized spacial score (nSPS) is 17.6. The Balaban J connectivity index is 1.17. The molecule has 0 saturated heterocycles. The van der Waals surface area contributed by atoms with E-state index in [1.807, 2.05) is 43.7 Å². The Morgan fingerprint density at radius 3 is 2.49 bits per heavy atom. The summed E-state index contributed by atoms with van der Waals surface area (Å²) in [7, 11) is 5.37. The fourth-order valence-corrected chi connectivity index (χ4v) is 7.51. The predicted octanol–water partition coefficient (Wildman–Crippen LogP) is 6.34. The van der Waals surface area contributed by atoms with E-state index in [0.717, 1.165) is 65.8 Å². The lowest BCUT2D eigenvalue weighted by molar-refractivity contribution is -0.118. The second-order valence-corrected chi connectivity index (χ2v) is 13.5. The highest BCUT2D eigenvalue weighted by Gasteiger charge is 2.30. The molecular weight excluding hydrogens is 654 g/mol. The number of ketones is 1. The van der Waals surface area contributed by atoms with Gasteiger partial charge in [-0.1, -0.05) is 24.3 Å². The Morgan fingerprint density at radius 2 is 1.78 bits per heavy atom. The average molecular weight is 695 g/mol. The molecule has 0 spiro atoms. The largest absolute Gasteiger partial charge is 0.381 e. The summed E-state index contributed by atoms with van der Waals surface area (Å²) >= 11 is 0. The molecule has 2 aromatic heterocycles. The molecule has 7 rings (SSSR count). The highest BCUT2D eigenvalue weighted by atomic mass is 19.1. The van der Waals surface area contributed by atoms with Gasteiger partial charge in [0.2, 0.25) is 11.8 Å². The van der Waals surface area contributed by atoms with Crippen LogP contribution < -0.4 is 15.5 Å². The second kappa shape index (κ2) is 13.5. The third-order valence-corrected chi connectivity index (χ3v) is 10.4. The fraction of sp³-hybridized carbons (Fsp3) is 0.333. The number of benzene rings is 3. The molecule has 1 aliphatic heterocycles. The zero-order valence-corrected chi connectivity index (χ0v) is 29.3. The van der Waals surface area contributed by atoms with E-state index in [1.165, 1.54) is 6.08 Å². The minimum Gasteiger partial charge on any atom is -0.381 e. The number of amides is 2. The molecule has 1 saturated carbocycles. The van der Waals surface area contributed by atoms with Gasteiger partial charge < -0.3 is 29.4 Å². The Labute approximate surface area is 294 Å². The van der Waals surface area contributed by atoms with Gasteiger partial charge in [0.25, 0.3) is 0 Å². The number of aromatic nitrogens is 3. The van der Waals surface area contributed by atoms with Crippen molar-refractivity contribution in [3.05, 3.63) is 88.9 Å². The number of likely N-dealkylation sites (N-methyl/N-ethyl adjacent to an activating group) is 1. The van der Waals surface area contributed by atoms with Crippen LogP contribution in [-0.2, 0) is 27.9 Å². The van der Waals surface area contributed by atoms with Gasteiger partial charge in [-0.2, -0.15) is 0 Å². The van der Waals surface area contributed by atoms with Crippen LogP contribution in [0, 0.1) is 25.5 Å². The zero-order valence-electron chi connectivity index (χ0n) is 29.3. The number of hydrogen-bond acceptors (Lipinski definition) is 6. The van der Waals surface area contributed by atoms with E-state index in [1.54, 1.807) is 42.0 Å². The molecule has 0 atom stereocenters. The van der Waals surface area contributed by atoms with Crippen molar-refractivity contribution in [3.63, 3.8) is 0 Å². The number of rotatable bonds is 8. The lowest BCUT2D eigenvalue weighted by atomic mass is 9.93. The number of carbonyl (C=O) groups is 3. The molecule has 5 aromatic rings. The highest BCUT2D eigenvalue weighted by Crippen LogP contribution is 2.44. The number of methoxy groups -OCH3 is 1. The second-order valence-electron chi connectivity index (χ2n) is 13.5. The number of halogens is 2. The Kier molecular flexibility index (Phi) is 9.07. The molecule has 0 radical (unpaired) electrons. The molecule has 10 nitrogen and oxygen atoms in total. The van der Waals surface area contributed by atoms with E-state index in [0.29, 0.717) is 34.7 Å². The third-order valence-electron chi connectivity index (χ3n) is 10.4. The molecule has 2 N–H and O–H groups in total. The molecule has 264 valence electrons. The number of imidazole rings is 1. The first-order chi connectivity index (χ1) is 24.5. The molecule has 12 heteroatoms. The molecule has 2 amide bonds. The summed E-state index contributed by atoms with van der Waals surface area (Å²) in [6.07, 6.45) is 8.57. The first-order valence-corrected chi connectivity index (χ1v) is 17.1. The number of carbonyl (C=O) groups excluding carboxylic acids is 3. The summed E-state index contributed by atoms with van der Waals surface area (Å²) in [5, 5.41) is 6.17. The minimum absolute atomic E-state index is 0.0658. The number of fused-ring (bicyclic) bond motifs is 4. The van der Waals surface area contributed by atoms with Gasteiger partial charge in [0.15, 0.2) is 5.78 Å². The SMILES string of the molecule is CO[C@H]1CC[C@H](NC/C=C/C(=O)Nc2c(F)cc(C(=O)c3cn4c5c(cccc35)-c3c(C)cc5c(nc(C)n5C)c3N(C)C(=O)C4)cc2F)CC1. The molecule has 2 aliphatic rings. The maximum absolute atomic E-state index is 15.4. The van der Waals surface area contributed by atoms with Crippen LogP contribution >= 0.6 is 0 Å². The number of nitrogens with zero attached hydrogens (tertiary/aromatic N) is 4. The molecule has 0 unspecified atom stereocenters. The van der Waals surface area contributed by atoms with Crippen molar-refractivity contribution in [1.29, 1.82) is 0 Å². The van der Waals surface area contributed by atoms with E-state index in [-0.39, 0.29) is 29.7 Å². The summed E-state index contributed by atoms with van der Waals surface area (Å²) in [5.74, 6) is -2.88. The molecule has 0 bridgehead atoms. The van der Waals surface area contributed by atoms with E-state index in [9.17, 15) is 14.4 Å². The lowest BCUT2D eigenvalue weighted by Gasteiger charge is -2.27. The van der Waals surface area contributed by atoms with Gasteiger partial charge in [0, 0.05) is 73.7 Å². The lowest BCUT2D eigenvalue weighted by Crippen LogP contribution is -2.35. The van der Waals surface area contributed by atoms with E-state index >= 15 is 8.78 Å². The minimum atomic E-state index is -1.08. The van der Waals surface area contributed by atoms with Gasteiger partial charge in [-0.3, -0.25) is 14.4 Å². The topological polar surface area (TPSA) is 110 Å². The van der Waals surface area contributed by atoms with Gasteiger partial charge in [-0.05, 0) is 63.3 Å². The summed E-state index contributed by atoms with van der Waals surface area (Å²) in [5.41, 5.74) is 4.82. The van der Waals surface area contributed by atoms with Crippen molar-refractivity contribution >= 4 is 50.9 Å². The van der Waals surface area contributed by atoms with Gasteiger partial charge >= 0.3 is 0 Å². The number of nitrogens with one attached hydrogen (secondary N) is 2. The van der Waals surface area contributed by atoms with Gasteiger partial charge in [0.05, 0.1) is 22.8 Å². The molecule has 1 aliphatic carbocycles. The summed E-state index contributed by atoms with van der Waals surface area (Å²) in [6.45, 7) is 4.26. The average Bonchev–Trinajstić information content (AvgIpc) is 3.62. The molecule has 3 aromatic carbocycles. The number of anilines is 2. The van der Waals surface area contributed by atoms with Crippen molar-refractivity contribution in [2.75, 3.05) is 30.9 Å². The number of para-hydroxylation sites is 1.